The van der Waals surface area contributed by atoms with E-state index in [1.165, 1.54) is 0 Å². The smallest absolute Gasteiger partial charge is 0.246 e. The average molecular weight is 252 g/mol. The maximum atomic E-state index is 12.6. The Morgan fingerprint density at radius 3 is 2.39 bits per heavy atom. The first-order valence-electron chi connectivity index (χ1n) is 7.04. The first-order chi connectivity index (χ1) is 8.40. The van der Waals surface area contributed by atoms with Gasteiger partial charge in [-0.3, -0.25) is 9.59 Å². The van der Waals surface area contributed by atoms with Gasteiger partial charge in [-0.1, -0.05) is 20.8 Å². The van der Waals surface area contributed by atoms with Crippen molar-refractivity contribution in [3.8, 4) is 0 Å². The molecule has 1 aliphatic heterocycles. The van der Waals surface area contributed by atoms with Gasteiger partial charge in [0, 0.05) is 5.54 Å². The predicted octanol–water partition coefficient (Wildman–Crippen LogP) is 1.69. The molecule has 0 radical (unpaired) electrons. The third-order valence-corrected chi connectivity index (χ3v) is 4.45. The van der Waals surface area contributed by atoms with Crippen molar-refractivity contribution in [3.63, 3.8) is 0 Å². The molecule has 1 saturated carbocycles. The molecule has 2 unspecified atom stereocenters. The molecule has 1 aliphatic carbocycles. The summed E-state index contributed by atoms with van der Waals surface area (Å²) in [4.78, 5) is 26.7. The Balaban J connectivity index is 2.33. The van der Waals surface area contributed by atoms with Gasteiger partial charge in [0.05, 0.1) is 0 Å². The molecule has 2 amide bonds. The molecule has 2 rings (SSSR count). The number of carbonyl (C=O) groups is 2. The number of nitrogens with zero attached hydrogens (tertiary/aromatic N) is 1. The maximum Gasteiger partial charge on any atom is 0.246 e. The van der Waals surface area contributed by atoms with Crippen LogP contribution in [0.1, 0.15) is 53.4 Å². The van der Waals surface area contributed by atoms with Crippen LogP contribution < -0.4 is 5.32 Å². The van der Waals surface area contributed by atoms with Gasteiger partial charge in [-0.2, -0.15) is 0 Å². The minimum absolute atomic E-state index is 0.0181. The molecule has 4 heteroatoms. The lowest BCUT2D eigenvalue weighted by molar-refractivity contribution is -0.163. The predicted molar refractivity (Wildman–Crippen MR) is 69.9 cm³/mol. The van der Waals surface area contributed by atoms with Crippen molar-refractivity contribution in [1.29, 1.82) is 0 Å². The van der Waals surface area contributed by atoms with Crippen LogP contribution in [0.15, 0.2) is 0 Å². The van der Waals surface area contributed by atoms with Crippen LogP contribution in [0.3, 0.4) is 0 Å². The molecular weight excluding hydrogens is 228 g/mol. The second-order valence-corrected chi connectivity index (χ2v) is 6.22. The molecule has 1 saturated heterocycles. The summed E-state index contributed by atoms with van der Waals surface area (Å²) in [5.74, 6) is 0.284. The molecule has 4 nitrogen and oxygen atoms in total. The molecule has 0 bridgehead atoms. The van der Waals surface area contributed by atoms with Crippen LogP contribution in [-0.2, 0) is 9.59 Å². The van der Waals surface area contributed by atoms with Gasteiger partial charge in [-0.25, -0.2) is 0 Å². The number of hydrogen-bond donors (Lipinski definition) is 1. The van der Waals surface area contributed by atoms with E-state index in [1.54, 1.807) is 0 Å². The molecule has 0 aromatic rings. The fraction of sp³-hybridized carbons (Fsp3) is 0.857. The Morgan fingerprint density at radius 1 is 1.39 bits per heavy atom. The first-order valence-corrected chi connectivity index (χ1v) is 7.04. The summed E-state index contributed by atoms with van der Waals surface area (Å²) >= 11 is 0. The van der Waals surface area contributed by atoms with E-state index < -0.39 is 0 Å². The summed E-state index contributed by atoms with van der Waals surface area (Å²) in [5.41, 5.74) is -0.100. The second kappa shape index (κ2) is 4.56. The van der Waals surface area contributed by atoms with Gasteiger partial charge in [0.2, 0.25) is 11.8 Å². The Morgan fingerprint density at radius 2 is 2.00 bits per heavy atom. The van der Waals surface area contributed by atoms with Crippen molar-refractivity contribution < 1.29 is 9.59 Å². The topological polar surface area (TPSA) is 49.4 Å². The van der Waals surface area contributed by atoms with E-state index in [0.29, 0.717) is 6.42 Å². The zero-order valence-corrected chi connectivity index (χ0v) is 11.8. The summed E-state index contributed by atoms with van der Waals surface area (Å²) in [7, 11) is 0. The molecule has 0 aromatic heterocycles. The third kappa shape index (κ3) is 1.91. The number of nitrogens with one attached hydrogen (secondary N) is 1. The van der Waals surface area contributed by atoms with E-state index in [-0.39, 0.29) is 35.4 Å². The van der Waals surface area contributed by atoms with Gasteiger partial charge in [0.25, 0.3) is 0 Å². The lowest BCUT2D eigenvalue weighted by Gasteiger charge is -2.54. The number of amides is 2. The van der Waals surface area contributed by atoms with Gasteiger partial charge in [0.15, 0.2) is 0 Å². The molecule has 2 atom stereocenters. The summed E-state index contributed by atoms with van der Waals surface area (Å²) in [6, 6.07) is -0.629. The lowest BCUT2D eigenvalue weighted by Crippen LogP contribution is -2.71. The molecule has 0 spiro atoms. The lowest BCUT2D eigenvalue weighted by atomic mass is 9.74. The Hall–Kier alpha value is -1.06. The fourth-order valence-electron chi connectivity index (χ4n) is 3.15. The molecular formula is C14H24N2O2. The summed E-state index contributed by atoms with van der Waals surface area (Å²) in [6.45, 7) is 8.09. The fourth-order valence-corrected chi connectivity index (χ4v) is 3.15. The van der Waals surface area contributed by atoms with E-state index in [0.717, 1.165) is 19.3 Å². The Labute approximate surface area is 109 Å². The summed E-state index contributed by atoms with van der Waals surface area (Å²) in [6.07, 6.45) is 3.86. The second-order valence-electron chi connectivity index (χ2n) is 6.22. The summed E-state index contributed by atoms with van der Waals surface area (Å²) < 4.78 is 0. The van der Waals surface area contributed by atoms with Crippen LogP contribution >= 0.6 is 0 Å². The van der Waals surface area contributed by atoms with Crippen LogP contribution in [0.25, 0.3) is 0 Å². The molecule has 2 aliphatic rings. The highest BCUT2D eigenvalue weighted by Crippen LogP contribution is 2.41. The standard InChI is InChI=1S/C14H24N2O2/c1-5-10-13(18)16(14(4)7-6-8-14)11(9(2)3)12(17)15-10/h9-11H,5-8H2,1-4H3,(H,15,17). The normalized spacial score (nSPS) is 31.3. The van der Waals surface area contributed by atoms with E-state index in [1.807, 2.05) is 25.7 Å². The van der Waals surface area contributed by atoms with Crippen LogP contribution in [0.5, 0.6) is 0 Å². The molecule has 2 fully saturated rings. The van der Waals surface area contributed by atoms with Gasteiger partial charge < -0.3 is 10.2 Å². The highest BCUT2D eigenvalue weighted by Gasteiger charge is 2.51. The Kier molecular flexibility index (Phi) is 3.39. The van der Waals surface area contributed by atoms with Crippen LogP contribution in [0.4, 0.5) is 0 Å². The van der Waals surface area contributed by atoms with Gasteiger partial charge in [-0.15, -0.1) is 0 Å². The minimum atomic E-state index is -0.329. The zero-order chi connectivity index (χ0) is 13.5. The third-order valence-electron chi connectivity index (χ3n) is 4.45. The largest absolute Gasteiger partial charge is 0.343 e. The quantitative estimate of drug-likeness (QED) is 0.831. The molecule has 18 heavy (non-hydrogen) atoms. The number of rotatable bonds is 3. The molecule has 102 valence electrons. The average Bonchev–Trinajstić information content (AvgIpc) is 2.27. The van der Waals surface area contributed by atoms with Crippen molar-refractivity contribution in [2.24, 2.45) is 5.92 Å². The van der Waals surface area contributed by atoms with Crippen molar-refractivity contribution >= 4 is 11.8 Å². The van der Waals surface area contributed by atoms with Crippen molar-refractivity contribution in [3.05, 3.63) is 0 Å². The molecule has 0 aromatic carbocycles. The van der Waals surface area contributed by atoms with Crippen molar-refractivity contribution in [2.75, 3.05) is 0 Å². The first kappa shape index (κ1) is 13.4. The highest BCUT2D eigenvalue weighted by molar-refractivity contribution is 5.97. The van der Waals surface area contributed by atoms with Crippen LogP contribution in [-0.4, -0.2) is 34.3 Å². The van der Waals surface area contributed by atoms with E-state index in [9.17, 15) is 9.59 Å². The van der Waals surface area contributed by atoms with Crippen molar-refractivity contribution in [2.45, 2.75) is 71.0 Å². The molecule has 1 N–H and O–H groups in total. The number of hydrogen-bond acceptors (Lipinski definition) is 2. The van der Waals surface area contributed by atoms with Crippen LogP contribution in [0.2, 0.25) is 0 Å². The molecule has 1 heterocycles. The summed E-state index contributed by atoms with van der Waals surface area (Å²) in [5, 5.41) is 2.87. The maximum absolute atomic E-state index is 12.6. The van der Waals surface area contributed by atoms with Crippen LogP contribution in [0, 0.1) is 5.92 Å². The number of piperazine rings is 1. The Bertz CT molecular complexity index is 361. The van der Waals surface area contributed by atoms with Gasteiger partial charge >= 0.3 is 0 Å². The minimum Gasteiger partial charge on any atom is -0.343 e. The SMILES string of the molecule is CCC1NC(=O)C(C(C)C)N(C2(C)CCC2)C1=O. The highest BCUT2D eigenvalue weighted by atomic mass is 16.2. The zero-order valence-electron chi connectivity index (χ0n) is 11.8. The van der Waals surface area contributed by atoms with E-state index in [4.69, 9.17) is 0 Å². The number of carbonyl (C=O) groups excluding carboxylic acids is 2. The van der Waals surface area contributed by atoms with Crippen molar-refractivity contribution in [1.82, 2.24) is 10.2 Å². The van der Waals surface area contributed by atoms with E-state index in [2.05, 4.69) is 12.2 Å². The monoisotopic (exact) mass is 252 g/mol. The van der Waals surface area contributed by atoms with Gasteiger partial charge in [-0.05, 0) is 38.5 Å². The van der Waals surface area contributed by atoms with E-state index >= 15 is 0 Å². The van der Waals surface area contributed by atoms with Gasteiger partial charge in [0.1, 0.15) is 12.1 Å².